The Morgan fingerprint density at radius 2 is 1.84 bits per heavy atom. The molecule has 0 aliphatic carbocycles. The van der Waals surface area contributed by atoms with Gasteiger partial charge in [-0.1, -0.05) is 38.1 Å². The van der Waals surface area contributed by atoms with Crippen LogP contribution in [0.2, 0.25) is 0 Å². The molecule has 3 rings (SSSR count). The summed E-state index contributed by atoms with van der Waals surface area (Å²) in [6.07, 6.45) is 3.60. The molecular weight excluding hydrogens is 312 g/mol. The number of carbonyl (C=O) groups excluding carboxylic acids is 1. The summed E-state index contributed by atoms with van der Waals surface area (Å²) in [5.74, 6) is 0.387. The maximum absolute atomic E-state index is 12.2. The van der Waals surface area contributed by atoms with E-state index in [1.54, 1.807) is 10.9 Å². The number of hydrogen-bond donors (Lipinski definition) is 2. The van der Waals surface area contributed by atoms with Crippen LogP contribution in [0.25, 0.3) is 5.69 Å². The first kappa shape index (κ1) is 16.8. The molecule has 1 heterocycles. The van der Waals surface area contributed by atoms with Crippen molar-refractivity contribution in [1.29, 1.82) is 0 Å². The van der Waals surface area contributed by atoms with Crippen molar-refractivity contribution in [3.63, 3.8) is 0 Å². The SMILES string of the molecule is CC(C)c1ccc(NC(=O)CNc2ccccc2-n2cccn2)cc1. The summed E-state index contributed by atoms with van der Waals surface area (Å²) in [7, 11) is 0. The largest absolute Gasteiger partial charge is 0.374 e. The van der Waals surface area contributed by atoms with E-state index >= 15 is 0 Å². The molecule has 5 heteroatoms. The van der Waals surface area contributed by atoms with E-state index in [9.17, 15) is 4.79 Å². The second-order valence-electron chi connectivity index (χ2n) is 6.15. The Kier molecular flexibility index (Phi) is 5.14. The summed E-state index contributed by atoms with van der Waals surface area (Å²) in [6, 6.07) is 17.6. The summed E-state index contributed by atoms with van der Waals surface area (Å²) in [4.78, 5) is 12.2. The van der Waals surface area contributed by atoms with E-state index in [4.69, 9.17) is 0 Å². The Bertz CT molecular complexity index is 823. The number of para-hydroxylation sites is 2. The molecule has 1 aromatic heterocycles. The van der Waals surface area contributed by atoms with Crippen LogP contribution in [0.5, 0.6) is 0 Å². The zero-order chi connectivity index (χ0) is 17.6. The highest BCUT2D eigenvalue weighted by molar-refractivity contribution is 5.94. The van der Waals surface area contributed by atoms with Gasteiger partial charge in [0, 0.05) is 18.1 Å². The van der Waals surface area contributed by atoms with Gasteiger partial charge in [-0.25, -0.2) is 4.68 Å². The quantitative estimate of drug-likeness (QED) is 0.715. The van der Waals surface area contributed by atoms with Crippen LogP contribution in [0.15, 0.2) is 67.0 Å². The van der Waals surface area contributed by atoms with Gasteiger partial charge in [0.05, 0.1) is 17.9 Å². The Morgan fingerprint density at radius 1 is 1.08 bits per heavy atom. The molecule has 0 bridgehead atoms. The second-order valence-corrected chi connectivity index (χ2v) is 6.15. The highest BCUT2D eigenvalue weighted by Crippen LogP contribution is 2.19. The number of hydrogen-bond acceptors (Lipinski definition) is 3. The molecule has 0 aliphatic heterocycles. The molecule has 2 N–H and O–H groups in total. The Labute approximate surface area is 147 Å². The van der Waals surface area contributed by atoms with E-state index in [0.717, 1.165) is 17.1 Å². The predicted molar refractivity (Wildman–Crippen MR) is 101 cm³/mol. The number of carbonyl (C=O) groups is 1. The molecule has 128 valence electrons. The minimum atomic E-state index is -0.0902. The van der Waals surface area contributed by atoms with Crippen LogP contribution >= 0.6 is 0 Å². The number of amides is 1. The first-order chi connectivity index (χ1) is 12.1. The number of rotatable bonds is 6. The Hall–Kier alpha value is -3.08. The summed E-state index contributed by atoms with van der Waals surface area (Å²) >= 11 is 0. The van der Waals surface area contributed by atoms with E-state index in [-0.39, 0.29) is 12.5 Å². The van der Waals surface area contributed by atoms with E-state index < -0.39 is 0 Å². The van der Waals surface area contributed by atoms with Gasteiger partial charge in [-0.2, -0.15) is 5.10 Å². The predicted octanol–water partition coefficient (Wildman–Crippen LogP) is 4.05. The van der Waals surface area contributed by atoms with Gasteiger partial charge in [-0.15, -0.1) is 0 Å². The fourth-order valence-corrected chi connectivity index (χ4v) is 2.57. The second kappa shape index (κ2) is 7.66. The number of aromatic nitrogens is 2. The zero-order valence-corrected chi connectivity index (χ0v) is 14.4. The summed E-state index contributed by atoms with van der Waals surface area (Å²) in [6.45, 7) is 4.48. The van der Waals surface area contributed by atoms with Crippen LogP contribution in [-0.4, -0.2) is 22.2 Å². The third-order valence-electron chi connectivity index (χ3n) is 3.96. The third kappa shape index (κ3) is 4.26. The van der Waals surface area contributed by atoms with Crippen molar-refractivity contribution < 1.29 is 4.79 Å². The van der Waals surface area contributed by atoms with Gasteiger partial charge in [0.15, 0.2) is 0 Å². The molecule has 0 radical (unpaired) electrons. The van der Waals surface area contributed by atoms with Crippen LogP contribution in [0.3, 0.4) is 0 Å². The molecule has 0 aliphatic rings. The van der Waals surface area contributed by atoms with E-state index in [1.165, 1.54) is 5.56 Å². The van der Waals surface area contributed by atoms with Crippen molar-refractivity contribution in [2.24, 2.45) is 0 Å². The lowest BCUT2D eigenvalue weighted by Crippen LogP contribution is -2.22. The maximum Gasteiger partial charge on any atom is 0.243 e. The standard InChI is InChI=1S/C20H22N4O/c1-15(2)16-8-10-17(11-9-16)23-20(25)14-21-18-6-3-4-7-19(18)24-13-5-12-22-24/h3-13,15,21H,14H2,1-2H3,(H,23,25). The number of benzene rings is 2. The summed E-state index contributed by atoms with van der Waals surface area (Å²) < 4.78 is 1.77. The van der Waals surface area contributed by atoms with Gasteiger partial charge in [0.25, 0.3) is 0 Å². The number of anilines is 2. The number of nitrogens with one attached hydrogen (secondary N) is 2. The minimum Gasteiger partial charge on any atom is -0.374 e. The average Bonchev–Trinajstić information content (AvgIpc) is 3.15. The average molecular weight is 334 g/mol. The molecule has 25 heavy (non-hydrogen) atoms. The summed E-state index contributed by atoms with van der Waals surface area (Å²) in [5, 5.41) is 10.3. The van der Waals surface area contributed by atoms with Crippen molar-refractivity contribution in [2.75, 3.05) is 17.2 Å². The lowest BCUT2D eigenvalue weighted by Gasteiger charge is -2.12. The van der Waals surface area contributed by atoms with Gasteiger partial charge in [-0.05, 0) is 41.8 Å². The molecule has 1 amide bonds. The molecule has 0 atom stereocenters. The van der Waals surface area contributed by atoms with Crippen LogP contribution in [0.1, 0.15) is 25.3 Å². The van der Waals surface area contributed by atoms with E-state index in [0.29, 0.717) is 5.92 Å². The smallest absolute Gasteiger partial charge is 0.243 e. The van der Waals surface area contributed by atoms with Crippen molar-refractivity contribution in [3.8, 4) is 5.69 Å². The van der Waals surface area contributed by atoms with Crippen LogP contribution in [0.4, 0.5) is 11.4 Å². The highest BCUT2D eigenvalue weighted by atomic mass is 16.1. The molecule has 0 saturated carbocycles. The van der Waals surface area contributed by atoms with Crippen molar-refractivity contribution >= 4 is 17.3 Å². The minimum absolute atomic E-state index is 0.0902. The first-order valence-electron chi connectivity index (χ1n) is 8.36. The fourth-order valence-electron chi connectivity index (χ4n) is 2.57. The number of nitrogens with zero attached hydrogens (tertiary/aromatic N) is 2. The molecule has 5 nitrogen and oxygen atoms in total. The molecular formula is C20H22N4O. The molecule has 0 spiro atoms. The maximum atomic E-state index is 12.2. The zero-order valence-electron chi connectivity index (χ0n) is 14.4. The van der Waals surface area contributed by atoms with Gasteiger partial charge < -0.3 is 10.6 Å². The topological polar surface area (TPSA) is 59.0 Å². The van der Waals surface area contributed by atoms with Gasteiger partial charge in [-0.3, -0.25) is 4.79 Å². The normalized spacial score (nSPS) is 10.7. The lowest BCUT2D eigenvalue weighted by molar-refractivity contribution is -0.114. The van der Waals surface area contributed by atoms with Crippen LogP contribution in [-0.2, 0) is 4.79 Å². The van der Waals surface area contributed by atoms with Gasteiger partial charge in [0.1, 0.15) is 0 Å². The van der Waals surface area contributed by atoms with Crippen LogP contribution < -0.4 is 10.6 Å². The summed E-state index contributed by atoms with van der Waals surface area (Å²) in [5.41, 5.74) is 3.82. The third-order valence-corrected chi connectivity index (χ3v) is 3.96. The van der Waals surface area contributed by atoms with Gasteiger partial charge >= 0.3 is 0 Å². The van der Waals surface area contributed by atoms with E-state index in [2.05, 4.69) is 29.6 Å². The van der Waals surface area contributed by atoms with Gasteiger partial charge in [0.2, 0.25) is 5.91 Å². The molecule has 0 saturated heterocycles. The highest BCUT2D eigenvalue weighted by Gasteiger charge is 2.07. The first-order valence-corrected chi connectivity index (χ1v) is 8.36. The molecule has 0 unspecified atom stereocenters. The van der Waals surface area contributed by atoms with Crippen molar-refractivity contribution in [2.45, 2.75) is 19.8 Å². The van der Waals surface area contributed by atoms with Crippen molar-refractivity contribution in [1.82, 2.24) is 9.78 Å². The molecule has 0 fully saturated rings. The van der Waals surface area contributed by atoms with E-state index in [1.807, 2.05) is 60.8 Å². The Morgan fingerprint density at radius 3 is 2.52 bits per heavy atom. The van der Waals surface area contributed by atoms with Crippen LogP contribution in [0, 0.1) is 0 Å². The molecule has 2 aromatic carbocycles. The molecule has 3 aromatic rings. The lowest BCUT2D eigenvalue weighted by atomic mass is 10.0. The monoisotopic (exact) mass is 334 g/mol. The fraction of sp³-hybridized carbons (Fsp3) is 0.200. The Balaban J connectivity index is 1.61. The van der Waals surface area contributed by atoms with Crippen molar-refractivity contribution in [3.05, 3.63) is 72.6 Å².